The Morgan fingerprint density at radius 2 is 2.62 bits per heavy atom. The van der Waals surface area contributed by atoms with Crippen LogP contribution < -0.4 is 0 Å². The first-order chi connectivity index (χ1) is 4.88. The van der Waals surface area contributed by atoms with Gasteiger partial charge in [0.25, 0.3) is 0 Å². The van der Waals surface area contributed by atoms with Gasteiger partial charge in [0.05, 0.1) is 6.10 Å². The van der Waals surface area contributed by atoms with E-state index in [4.69, 9.17) is 4.11 Å². The van der Waals surface area contributed by atoms with Crippen LogP contribution in [0.15, 0.2) is 0 Å². The minimum absolute atomic E-state index is 0.316. The molecule has 0 aliphatic heterocycles. The van der Waals surface area contributed by atoms with Crippen LogP contribution in [-0.2, 0) is 9.53 Å². The van der Waals surface area contributed by atoms with Crippen molar-refractivity contribution in [2.45, 2.75) is 33.2 Å². The molecule has 2 heteroatoms. The van der Waals surface area contributed by atoms with Crippen LogP contribution in [0, 0.1) is 0 Å². The Labute approximate surface area is 54.1 Å². The second kappa shape index (κ2) is 3.47. The third-order valence-electron chi connectivity index (χ3n) is 0.679. The minimum atomic E-state index is -2.19. The summed E-state index contributed by atoms with van der Waals surface area (Å²) in [7, 11) is 0. The summed E-state index contributed by atoms with van der Waals surface area (Å²) >= 11 is 0. The third-order valence-corrected chi connectivity index (χ3v) is 0.679. The van der Waals surface area contributed by atoms with E-state index >= 15 is 0 Å². The first kappa shape index (κ1) is 3.49. The molecule has 1 unspecified atom stereocenters. The number of hydrogen-bond donors (Lipinski definition) is 0. The average Bonchev–Trinajstić information content (AvgIpc) is 1.79. The van der Waals surface area contributed by atoms with Gasteiger partial charge in [0.15, 0.2) is 0 Å². The summed E-state index contributed by atoms with van der Waals surface area (Å²) in [5.74, 6) is -0.548. The number of carbonyl (C=O) groups is 1. The highest BCUT2D eigenvalue weighted by Crippen LogP contribution is 1.94. The van der Waals surface area contributed by atoms with Crippen LogP contribution in [0.2, 0.25) is 0 Å². The Bertz CT molecular complexity index is 141. The van der Waals surface area contributed by atoms with E-state index in [1.54, 1.807) is 6.92 Å². The quantitative estimate of drug-likeness (QED) is 0.513. The number of rotatable bonds is 2. The average molecular weight is 119 g/mol. The molecule has 1 atom stereocenters. The largest absolute Gasteiger partial charge is 0.463 e. The van der Waals surface area contributed by atoms with Gasteiger partial charge in [0, 0.05) is 11.0 Å². The molecule has 0 aliphatic rings. The molecule has 0 bridgehead atoms. The van der Waals surface area contributed by atoms with Crippen LogP contribution in [0.4, 0.5) is 0 Å². The van der Waals surface area contributed by atoms with E-state index < -0.39 is 18.9 Å². The maximum absolute atomic E-state index is 10.4. The van der Waals surface area contributed by atoms with Crippen molar-refractivity contribution < 1.29 is 13.6 Å². The first-order valence-electron chi connectivity index (χ1n) is 4.05. The van der Waals surface area contributed by atoms with Crippen LogP contribution in [0.5, 0.6) is 0 Å². The molecular formula is C6H12O2. The summed E-state index contributed by atoms with van der Waals surface area (Å²) in [6.45, 7) is 0.675. The Morgan fingerprint density at radius 3 is 2.75 bits per heavy atom. The second-order valence-electron chi connectivity index (χ2n) is 1.51. The van der Waals surface area contributed by atoms with E-state index in [1.807, 2.05) is 0 Å². The van der Waals surface area contributed by atoms with E-state index in [2.05, 4.69) is 4.74 Å². The molecule has 0 rings (SSSR count). The number of carbonyl (C=O) groups excluding carboxylic acids is 1. The zero-order valence-corrected chi connectivity index (χ0v) is 5.10. The molecule has 0 saturated carbocycles. The van der Waals surface area contributed by atoms with Crippen molar-refractivity contribution in [3.05, 3.63) is 0 Å². The summed E-state index contributed by atoms with van der Waals surface area (Å²) in [4.78, 5) is 10.4. The third kappa shape index (κ3) is 3.65. The lowest BCUT2D eigenvalue weighted by molar-refractivity contribution is -0.145. The predicted molar refractivity (Wildman–Crippen MR) is 31.5 cm³/mol. The van der Waals surface area contributed by atoms with Crippen molar-refractivity contribution in [3.8, 4) is 0 Å². The van der Waals surface area contributed by atoms with Gasteiger partial charge >= 0.3 is 5.97 Å². The van der Waals surface area contributed by atoms with Crippen molar-refractivity contribution in [3.63, 3.8) is 0 Å². The zero-order chi connectivity index (χ0) is 9.07. The molecule has 0 aromatic rings. The van der Waals surface area contributed by atoms with Gasteiger partial charge in [-0.25, -0.2) is 0 Å². The minimum Gasteiger partial charge on any atom is -0.463 e. The summed E-state index contributed by atoms with van der Waals surface area (Å²) in [5.41, 5.74) is 0. The molecule has 0 amide bonds. The van der Waals surface area contributed by atoms with Crippen LogP contribution in [-0.4, -0.2) is 12.1 Å². The maximum Gasteiger partial charge on any atom is 0.302 e. The van der Waals surface area contributed by atoms with Gasteiger partial charge < -0.3 is 4.74 Å². The van der Waals surface area contributed by atoms with Crippen molar-refractivity contribution in [2.75, 3.05) is 0 Å². The fourth-order valence-corrected chi connectivity index (χ4v) is 0.284. The molecule has 8 heavy (non-hydrogen) atoms. The lowest BCUT2D eigenvalue weighted by atomic mass is 10.3. The van der Waals surface area contributed by atoms with E-state index in [-0.39, 0.29) is 0 Å². The molecule has 0 aliphatic carbocycles. The molecular weight excluding hydrogens is 104 g/mol. The summed E-state index contributed by atoms with van der Waals surface area (Å²) in [5, 5.41) is 0. The van der Waals surface area contributed by atoms with Crippen molar-refractivity contribution >= 4 is 5.97 Å². The molecule has 0 heterocycles. The van der Waals surface area contributed by atoms with Crippen LogP contribution in [0.3, 0.4) is 0 Å². The van der Waals surface area contributed by atoms with Gasteiger partial charge in [-0.15, -0.1) is 0 Å². The summed E-state index contributed by atoms with van der Waals surface area (Å²) in [6.07, 6.45) is -0.643. The standard InChI is InChI=1S/C6H12O2/c1-4-5(2)8-6(3)7/h5H,4H2,1-3H3/i2D3. The molecule has 2 nitrogen and oxygen atoms in total. The van der Waals surface area contributed by atoms with Crippen LogP contribution in [0.25, 0.3) is 0 Å². The molecule has 0 aromatic heterocycles. The monoisotopic (exact) mass is 119 g/mol. The highest BCUT2D eigenvalue weighted by atomic mass is 16.5. The van der Waals surface area contributed by atoms with Crippen molar-refractivity contribution in [1.29, 1.82) is 0 Å². The van der Waals surface area contributed by atoms with Gasteiger partial charge in [0.1, 0.15) is 0 Å². The number of ether oxygens (including phenoxy) is 1. The maximum atomic E-state index is 10.4. The normalized spacial score (nSPS) is 20.0. The highest BCUT2D eigenvalue weighted by molar-refractivity contribution is 5.66. The lowest BCUT2D eigenvalue weighted by Gasteiger charge is -2.06. The van der Waals surface area contributed by atoms with Crippen molar-refractivity contribution in [1.82, 2.24) is 0 Å². The smallest absolute Gasteiger partial charge is 0.302 e. The summed E-state index contributed by atoms with van der Waals surface area (Å²) < 4.78 is 25.4. The number of esters is 1. The fourth-order valence-electron chi connectivity index (χ4n) is 0.284. The van der Waals surface area contributed by atoms with Crippen LogP contribution >= 0.6 is 0 Å². The molecule has 0 N–H and O–H groups in total. The molecule has 0 radical (unpaired) electrons. The Hall–Kier alpha value is -0.530. The topological polar surface area (TPSA) is 26.3 Å². The lowest BCUT2D eigenvalue weighted by Crippen LogP contribution is -2.09. The SMILES string of the molecule is [2H]C([2H])([2H])C(CC)OC(C)=O. The first-order valence-corrected chi connectivity index (χ1v) is 2.55. The van der Waals surface area contributed by atoms with Crippen LogP contribution in [0.1, 0.15) is 31.2 Å². The molecule has 0 spiro atoms. The Balaban J connectivity index is 4.07. The van der Waals surface area contributed by atoms with Gasteiger partial charge in [-0.05, 0) is 13.3 Å². The second-order valence-corrected chi connectivity index (χ2v) is 1.51. The van der Waals surface area contributed by atoms with E-state index in [9.17, 15) is 4.79 Å². The van der Waals surface area contributed by atoms with E-state index in [0.29, 0.717) is 6.42 Å². The molecule has 0 aromatic carbocycles. The molecule has 0 fully saturated rings. The number of hydrogen-bond acceptors (Lipinski definition) is 2. The zero-order valence-electron chi connectivity index (χ0n) is 8.10. The van der Waals surface area contributed by atoms with Gasteiger partial charge in [0.2, 0.25) is 0 Å². The fraction of sp³-hybridized carbons (Fsp3) is 0.833. The molecule has 48 valence electrons. The summed E-state index contributed by atoms with van der Waals surface area (Å²) in [6, 6.07) is 0. The highest BCUT2D eigenvalue weighted by Gasteiger charge is 1.99. The van der Waals surface area contributed by atoms with Gasteiger partial charge in [-0.3, -0.25) is 4.79 Å². The van der Waals surface area contributed by atoms with E-state index in [0.717, 1.165) is 0 Å². The van der Waals surface area contributed by atoms with E-state index in [1.165, 1.54) is 6.92 Å². The Morgan fingerprint density at radius 1 is 2.00 bits per heavy atom. The van der Waals surface area contributed by atoms with Gasteiger partial charge in [-0.1, -0.05) is 6.92 Å². The van der Waals surface area contributed by atoms with Crippen molar-refractivity contribution in [2.24, 2.45) is 0 Å². The predicted octanol–water partition coefficient (Wildman–Crippen LogP) is 1.35. The van der Waals surface area contributed by atoms with Gasteiger partial charge in [-0.2, -0.15) is 0 Å². The Kier molecular flexibility index (Phi) is 1.51. The molecule has 0 saturated heterocycles.